The number of hydrogen-bond donors (Lipinski definition) is 1. The summed E-state index contributed by atoms with van der Waals surface area (Å²) in [7, 11) is -3.47. The first kappa shape index (κ1) is 15.5. The molecule has 0 aliphatic heterocycles. The maximum Gasteiger partial charge on any atom is 0.243 e. The van der Waals surface area contributed by atoms with E-state index in [0.717, 1.165) is 6.42 Å². The van der Waals surface area contributed by atoms with Gasteiger partial charge < -0.3 is 5.73 Å². The molecule has 1 aromatic carbocycles. The van der Waals surface area contributed by atoms with Gasteiger partial charge in [0.15, 0.2) is 0 Å². The fraction of sp³-hybridized carbons (Fsp3) is 0.500. The second-order valence-electron chi connectivity index (χ2n) is 4.15. The van der Waals surface area contributed by atoms with E-state index in [2.05, 4.69) is 15.9 Å². The zero-order chi connectivity index (χ0) is 13.9. The largest absolute Gasteiger partial charge is 0.398 e. The van der Waals surface area contributed by atoms with Gasteiger partial charge in [0.25, 0.3) is 0 Å². The molecule has 102 valence electrons. The monoisotopic (exact) mass is 334 g/mol. The smallest absolute Gasteiger partial charge is 0.243 e. The molecule has 0 aromatic heterocycles. The van der Waals surface area contributed by atoms with E-state index in [0.29, 0.717) is 16.7 Å². The molecule has 6 heteroatoms. The lowest BCUT2D eigenvalue weighted by molar-refractivity contribution is 0.342. The molecule has 18 heavy (non-hydrogen) atoms. The van der Waals surface area contributed by atoms with Crippen LogP contribution >= 0.6 is 15.9 Å². The number of anilines is 1. The molecule has 0 spiro atoms. The Hall–Kier alpha value is -0.590. The van der Waals surface area contributed by atoms with Crippen molar-refractivity contribution in [1.82, 2.24) is 4.31 Å². The maximum absolute atomic E-state index is 12.5. The van der Waals surface area contributed by atoms with E-state index in [1.165, 1.54) is 10.4 Å². The Balaban J connectivity index is 3.23. The van der Waals surface area contributed by atoms with Crippen LogP contribution in [0.4, 0.5) is 5.69 Å². The van der Waals surface area contributed by atoms with E-state index in [4.69, 9.17) is 5.73 Å². The summed E-state index contributed by atoms with van der Waals surface area (Å²) >= 11 is 3.26. The van der Waals surface area contributed by atoms with Crippen LogP contribution in [0.15, 0.2) is 27.6 Å². The number of nitrogen functional groups attached to an aromatic ring is 1. The van der Waals surface area contributed by atoms with E-state index in [-0.39, 0.29) is 10.9 Å². The molecule has 0 saturated heterocycles. The van der Waals surface area contributed by atoms with Crippen molar-refractivity contribution >= 4 is 31.6 Å². The minimum atomic E-state index is -3.47. The predicted octanol–water partition coefficient (Wildman–Crippen LogP) is 2.84. The van der Waals surface area contributed by atoms with Crippen molar-refractivity contribution < 1.29 is 8.42 Å². The molecule has 4 nitrogen and oxygen atoms in total. The van der Waals surface area contributed by atoms with Gasteiger partial charge in [0.05, 0.1) is 4.90 Å². The van der Waals surface area contributed by atoms with Gasteiger partial charge in [-0.3, -0.25) is 0 Å². The second-order valence-corrected chi connectivity index (χ2v) is 6.89. The molecule has 0 saturated carbocycles. The van der Waals surface area contributed by atoms with Crippen LogP contribution in [0, 0.1) is 0 Å². The number of nitrogens with two attached hydrogens (primary N) is 1. The summed E-state index contributed by atoms with van der Waals surface area (Å²) in [4.78, 5) is 0.241. The van der Waals surface area contributed by atoms with Crippen molar-refractivity contribution in [2.24, 2.45) is 0 Å². The maximum atomic E-state index is 12.5. The van der Waals surface area contributed by atoms with Crippen LogP contribution in [0.2, 0.25) is 0 Å². The third-order valence-corrected chi connectivity index (χ3v) is 5.78. The van der Waals surface area contributed by atoms with Crippen LogP contribution in [0.25, 0.3) is 0 Å². The van der Waals surface area contributed by atoms with E-state index in [1.807, 2.05) is 20.8 Å². The van der Waals surface area contributed by atoms with Crippen molar-refractivity contribution in [3.63, 3.8) is 0 Å². The fourth-order valence-corrected chi connectivity index (χ4v) is 3.74. The fourth-order valence-electron chi connectivity index (χ4n) is 1.74. The molecule has 0 heterocycles. The molecular formula is C12H19BrN2O2S. The minimum Gasteiger partial charge on any atom is -0.398 e. The first-order chi connectivity index (χ1) is 8.34. The third kappa shape index (κ3) is 3.05. The second kappa shape index (κ2) is 6.04. The zero-order valence-electron chi connectivity index (χ0n) is 10.9. The van der Waals surface area contributed by atoms with Crippen LogP contribution in [-0.2, 0) is 10.0 Å². The Morgan fingerprint density at radius 2 is 2.00 bits per heavy atom. The predicted molar refractivity (Wildman–Crippen MR) is 77.9 cm³/mol. The Kier molecular flexibility index (Phi) is 5.19. The summed E-state index contributed by atoms with van der Waals surface area (Å²) in [6.45, 7) is 6.17. The number of nitrogens with zero attached hydrogens (tertiary/aromatic N) is 1. The minimum absolute atomic E-state index is 0.0233. The van der Waals surface area contributed by atoms with Crippen molar-refractivity contribution in [2.45, 2.75) is 38.1 Å². The summed E-state index contributed by atoms with van der Waals surface area (Å²) < 4.78 is 27.2. The Labute approximate surface area is 117 Å². The van der Waals surface area contributed by atoms with Crippen molar-refractivity contribution in [3.05, 3.63) is 22.7 Å². The van der Waals surface area contributed by atoms with E-state index in [1.54, 1.807) is 12.1 Å². The zero-order valence-corrected chi connectivity index (χ0v) is 13.3. The Bertz CT molecular complexity index is 517. The highest BCUT2D eigenvalue weighted by atomic mass is 79.9. The third-order valence-electron chi connectivity index (χ3n) is 2.97. The van der Waals surface area contributed by atoms with Crippen molar-refractivity contribution in [2.75, 3.05) is 12.3 Å². The number of sulfonamides is 1. The van der Waals surface area contributed by atoms with Gasteiger partial charge in [-0.25, -0.2) is 8.42 Å². The Morgan fingerprint density at radius 3 is 2.44 bits per heavy atom. The number of benzene rings is 1. The van der Waals surface area contributed by atoms with Crippen LogP contribution in [0.1, 0.15) is 27.2 Å². The lowest BCUT2D eigenvalue weighted by atomic mass is 10.3. The van der Waals surface area contributed by atoms with Gasteiger partial charge >= 0.3 is 0 Å². The van der Waals surface area contributed by atoms with Crippen molar-refractivity contribution in [1.29, 1.82) is 0 Å². The van der Waals surface area contributed by atoms with Gasteiger partial charge in [0.2, 0.25) is 10.0 Å². The van der Waals surface area contributed by atoms with Crippen molar-refractivity contribution in [3.8, 4) is 0 Å². The van der Waals surface area contributed by atoms with Crippen LogP contribution < -0.4 is 5.73 Å². The van der Waals surface area contributed by atoms with E-state index >= 15 is 0 Å². The quantitative estimate of drug-likeness (QED) is 0.842. The average molecular weight is 335 g/mol. The average Bonchev–Trinajstić information content (AvgIpc) is 2.32. The molecule has 0 aliphatic carbocycles. The van der Waals surface area contributed by atoms with Gasteiger partial charge in [0, 0.05) is 22.7 Å². The first-order valence-corrected chi connectivity index (χ1v) is 8.14. The molecule has 0 radical (unpaired) electrons. The summed E-state index contributed by atoms with van der Waals surface area (Å²) in [5.41, 5.74) is 6.16. The lowest BCUT2D eigenvalue weighted by Gasteiger charge is -2.26. The SMILES string of the molecule is CCC(C)N(CC)S(=O)(=O)c1ccc(Br)c(N)c1. The number of rotatable bonds is 5. The summed E-state index contributed by atoms with van der Waals surface area (Å²) in [5.74, 6) is 0. The Morgan fingerprint density at radius 1 is 1.39 bits per heavy atom. The molecule has 0 fully saturated rings. The number of hydrogen-bond acceptors (Lipinski definition) is 3. The van der Waals surface area contributed by atoms with Gasteiger partial charge in [0.1, 0.15) is 0 Å². The van der Waals surface area contributed by atoms with Gasteiger partial charge in [-0.15, -0.1) is 0 Å². The number of halogens is 1. The molecule has 0 bridgehead atoms. The molecule has 1 unspecified atom stereocenters. The summed E-state index contributed by atoms with van der Waals surface area (Å²) in [5, 5.41) is 0. The normalized spacial score (nSPS) is 13.8. The highest BCUT2D eigenvalue weighted by Gasteiger charge is 2.27. The molecule has 0 aliphatic rings. The first-order valence-electron chi connectivity index (χ1n) is 5.91. The van der Waals surface area contributed by atoms with E-state index < -0.39 is 10.0 Å². The molecule has 1 atom stereocenters. The molecule has 1 aromatic rings. The van der Waals surface area contributed by atoms with E-state index in [9.17, 15) is 8.42 Å². The highest BCUT2D eigenvalue weighted by molar-refractivity contribution is 9.10. The molecule has 0 amide bonds. The molecule has 2 N–H and O–H groups in total. The lowest BCUT2D eigenvalue weighted by Crippen LogP contribution is -2.38. The van der Waals surface area contributed by atoms with Gasteiger partial charge in [-0.2, -0.15) is 4.31 Å². The topological polar surface area (TPSA) is 63.4 Å². The molecule has 1 rings (SSSR count). The molecular weight excluding hydrogens is 316 g/mol. The van der Waals surface area contributed by atoms with Crippen LogP contribution in [-0.4, -0.2) is 25.3 Å². The van der Waals surface area contributed by atoms with Gasteiger partial charge in [-0.1, -0.05) is 13.8 Å². The van der Waals surface area contributed by atoms with Gasteiger partial charge in [-0.05, 0) is 47.5 Å². The summed E-state index contributed by atoms with van der Waals surface area (Å²) in [6, 6.07) is 4.70. The standard InChI is InChI=1S/C12H19BrN2O2S/c1-4-9(3)15(5-2)18(16,17)10-6-7-11(13)12(14)8-10/h6-9H,4-5,14H2,1-3H3. The van der Waals surface area contributed by atoms with Crippen LogP contribution in [0.5, 0.6) is 0 Å². The van der Waals surface area contributed by atoms with Crippen LogP contribution in [0.3, 0.4) is 0 Å². The summed E-state index contributed by atoms with van der Waals surface area (Å²) in [6.07, 6.45) is 0.777. The highest BCUT2D eigenvalue weighted by Crippen LogP contribution is 2.26.